The first-order valence-corrected chi connectivity index (χ1v) is 10.3. The maximum atomic E-state index is 2.30. The van der Waals surface area contributed by atoms with Crippen molar-refractivity contribution in [3.63, 3.8) is 0 Å². The fourth-order valence-electron chi connectivity index (χ4n) is 3.75. The van der Waals surface area contributed by atoms with Gasteiger partial charge in [-0.25, -0.2) is 0 Å². The van der Waals surface area contributed by atoms with Crippen molar-refractivity contribution < 1.29 is 0 Å². The van der Waals surface area contributed by atoms with E-state index >= 15 is 0 Å². The van der Waals surface area contributed by atoms with Crippen molar-refractivity contribution >= 4 is 0 Å². The number of benzene rings is 4. The van der Waals surface area contributed by atoms with Crippen molar-refractivity contribution in [3.8, 4) is 33.4 Å². The molecule has 4 aromatic rings. The van der Waals surface area contributed by atoms with Gasteiger partial charge in [0.25, 0.3) is 0 Å². The SMILES string of the molecule is Cc1ccc(-c2ccc(-c3ccc(C(C)(C)C)cc3)cc2)cc1-c1ccccc1. The van der Waals surface area contributed by atoms with Crippen molar-refractivity contribution in [2.75, 3.05) is 0 Å². The second kappa shape index (κ2) is 7.72. The molecule has 0 amide bonds. The molecule has 0 aliphatic carbocycles. The molecule has 0 fully saturated rings. The Hall–Kier alpha value is -3.12. The lowest BCUT2D eigenvalue weighted by atomic mass is 9.86. The Balaban J connectivity index is 1.63. The van der Waals surface area contributed by atoms with Gasteiger partial charge in [0.05, 0.1) is 0 Å². The maximum absolute atomic E-state index is 2.30. The van der Waals surface area contributed by atoms with Crippen LogP contribution in [0.4, 0.5) is 0 Å². The van der Waals surface area contributed by atoms with Crippen LogP contribution in [0.5, 0.6) is 0 Å². The van der Waals surface area contributed by atoms with E-state index in [1.807, 2.05) is 0 Å². The second-order valence-corrected chi connectivity index (χ2v) is 8.80. The van der Waals surface area contributed by atoms with E-state index in [2.05, 4.69) is 125 Å². The predicted molar refractivity (Wildman–Crippen MR) is 126 cm³/mol. The molecule has 144 valence electrons. The van der Waals surface area contributed by atoms with Crippen LogP contribution in [0, 0.1) is 6.92 Å². The van der Waals surface area contributed by atoms with Crippen molar-refractivity contribution in [1.29, 1.82) is 0 Å². The molecule has 0 aliphatic heterocycles. The molecule has 0 nitrogen and oxygen atoms in total. The van der Waals surface area contributed by atoms with Gasteiger partial charge >= 0.3 is 0 Å². The zero-order valence-corrected chi connectivity index (χ0v) is 17.7. The summed E-state index contributed by atoms with van der Waals surface area (Å²) in [4.78, 5) is 0. The third kappa shape index (κ3) is 4.17. The Bertz CT molecular complexity index is 1090. The molecule has 0 bridgehead atoms. The molecule has 4 aromatic carbocycles. The van der Waals surface area contributed by atoms with Crippen molar-refractivity contribution in [2.45, 2.75) is 33.1 Å². The molecular weight excluding hydrogens is 348 g/mol. The first-order chi connectivity index (χ1) is 13.9. The fourth-order valence-corrected chi connectivity index (χ4v) is 3.75. The molecule has 0 saturated carbocycles. The molecule has 0 heterocycles. The Kier molecular flexibility index (Phi) is 5.11. The maximum Gasteiger partial charge on any atom is -0.0132 e. The molecule has 4 rings (SSSR count). The minimum absolute atomic E-state index is 0.185. The number of hydrogen-bond donors (Lipinski definition) is 0. The van der Waals surface area contributed by atoms with Gasteiger partial charge in [0, 0.05) is 0 Å². The van der Waals surface area contributed by atoms with Gasteiger partial charge in [-0.05, 0) is 62.9 Å². The van der Waals surface area contributed by atoms with E-state index in [4.69, 9.17) is 0 Å². The minimum atomic E-state index is 0.185. The van der Waals surface area contributed by atoms with Gasteiger partial charge < -0.3 is 0 Å². The van der Waals surface area contributed by atoms with E-state index in [-0.39, 0.29) is 5.41 Å². The molecule has 0 N–H and O–H groups in total. The average Bonchev–Trinajstić information content (AvgIpc) is 2.74. The highest BCUT2D eigenvalue weighted by Gasteiger charge is 2.13. The zero-order chi connectivity index (χ0) is 20.4. The third-order valence-corrected chi connectivity index (χ3v) is 5.62. The Morgan fingerprint density at radius 1 is 0.483 bits per heavy atom. The summed E-state index contributed by atoms with van der Waals surface area (Å²) in [7, 11) is 0. The van der Waals surface area contributed by atoms with Crippen molar-refractivity contribution in [2.24, 2.45) is 0 Å². The summed E-state index contributed by atoms with van der Waals surface area (Å²) in [6, 6.07) is 35.2. The molecule has 0 unspecified atom stereocenters. The van der Waals surface area contributed by atoms with E-state index in [0.29, 0.717) is 0 Å². The topological polar surface area (TPSA) is 0 Å². The standard InChI is InChI=1S/C29H28/c1-21-10-11-26(20-28(21)25-8-6-5-7-9-25)24-14-12-22(13-15-24)23-16-18-27(19-17-23)29(2,3)4/h5-20H,1-4H3. The number of hydrogen-bond acceptors (Lipinski definition) is 0. The van der Waals surface area contributed by atoms with Gasteiger partial charge in [0.15, 0.2) is 0 Å². The summed E-state index contributed by atoms with van der Waals surface area (Å²) < 4.78 is 0. The van der Waals surface area contributed by atoms with Crippen LogP contribution < -0.4 is 0 Å². The smallest absolute Gasteiger partial charge is 0.0132 e. The van der Waals surface area contributed by atoms with Crippen LogP contribution in [-0.4, -0.2) is 0 Å². The van der Waals surface area contributed by atoms with Gasteiger partial charge in [0.2, 0.25) is 0 Å². The van der Waals surface area contributed by atoms with E-state index < -0.39 is 0 Å². The third-order valence-electron chi connectivity index (χ3n) is 5.62. The van der Waals surface area contributed by atoms with E-state index in [0.717, 1.165) is 0 Å². The molecular formula is C29H28. The molecule has 0 aliphatic rings. The monoisotopic (exact) mass is 376 g/mol. The van der Waals surface area contributed by atoms with Crippen LogP contribution in [0.2, 0.25) is 0 Å². The number of aryl methyl sites for hydroxylation is 1. The van der Waals surface area contributed by atoms with Crippen LogP contribution >= 0.6 is 0 Å². The lowest BCUT2D eigenvalue weighted by Gasteiger charge is -2.19. The summed E-state index contributed by atoms with van der Waals surface area (Å²) >= 11 is 0. The van der Waals surface area contributed by atoms with E-state index in [1.165, 1.54) is 44.5 Å². The molecule has 0 atom stereocenters. The van der Waals surface area contributed by atoms with Crippen molar-refractivity contribution in [3.05, 3.63) is 108 Å². The minimum Gasteiger partial charge on any atom is -0.0622 e. The quantitative estimate of drug-likeness (QED) is 0.337. The largest absolute Gasteiger partial charge is 0.0622 e. The predicted octanol–water partition coefficient (Wildman–Crippen LogP) is 8.29. The molecule has 0 spiro atoms. The lowest BCUT2D eigenvalue weighted by Crippen LogP contribution is -2.10. The highest BCUT2D eigenvalue weighted by Crippen LogP contribution is 2.31. The molecule has 0 heteroatoms. The molecule has 29 heavy (non-hydrogen) atoms. The van der Waals surface area contributed by atoms with Crippen LogP contribution in [0.15, 0.2) is 97.1 Å². The summed E-state index contributed by atoms with van der Waals surface area (Å²) in [6.45, 7) is 8.93. The summed E-state index contributed by atoms with van der Waals surface area (Å²) in [5, 5.41) is 0. The Labute approximate surface area is 174 Å². The zero-order valence-electron chi connectivity index (χ0n) is 17.7. The van der Waals surface area contributed by atoms with Gasteiger partial charge in [-0.1, -0.05) is 112 Å². The van der Waals surface area contributed by atoms with Gasteiger partial charge in [-0.3, -0.25) is 0 Å². The second-order valence-electron chi connectivity index (χ2n) is 8.80. The van der Waals surface area contributed by atoms with Crippen LogP contribution in [0.1, 0.15) is 31.9 Å². The van der Waals surface area contributed by atoms with E-state index in [9.17, 15) is 0 Å². The first-order valence-electron chi connectivity index (χ1n) is 10.3. The Morgan fingerprint density at radius 3 is 1.52 bits per heavy atom. The lowest BCUT2D eigenvalue weighted by molar-refractivity contribution is 0.590. The van der Waals surface area contributed by atoms with Gasteiger partial charge in [0.1, 0.15) is 0 Å². The van der Waals surface area contributed by atoms with Gasteiger partial charge in [-0.2, -0.15) is 0 Å². The van der Waals surface area contributed by atoms with E-state index in [1.54, 1.807) is 0 Å². The summed E-state index contributed by atoms with van der Waals surface area (Å²) in [5.74, 6) is 0. The molecule has 0 aromatic heterocycles. The van der Waals surface area contributed by atoms with Gasteiger partial charge in [-0.15, -0.1) is 0 Å². The molecule has 0 saturated heterocycles. The molecule has 0 radical (unpaired) electrons. The first kappa shape index (κ1) is 19.2. The van der Waals surface area contributed by atoms with Crippen LogP contribution in [0.25, 0.3) is 33.4 Å². The Morgan fingerprint density at radius 2 is 0.966 bits per heavy atom. The summed E-state index contributed by atoms with van der Waals surface area (Å²) in [6.07, 6.45) is 0. The fraction of sp³-hybridized carbons (Fsp3) is 0.172. The van der Waals surface area contributed by atoms with Crippen molar-refractivity contribution in [1.82, 2.24) is 0 Å². The average molecular weight is 377 g/mol. The number of rotatable bonds is 3. The van der Waals surface area contributed by atoms with Crippen LogP contribution in [-0.2, 0) is 5.41 Å². The highest BCUT2D eigenvalue weighted by molar-refractivity contribution is 5.77. The van der Waals surface area contributed by atoms with Crippen LogP contribution in [0.3, 0.4) is 0 Å². The highest BCUT2D eigenvalue weighted by atomic mass is 14.2. The normalized spacial score (nSPS) is 11.4. The summed E-state index contributed by atoms with van der Waals surface area (Å²) in [5.41, 5.74) is 10.4.